The van der Waals surface area contributed by atoms with Gasteiger partial charge < -0.3 is 14.2 Å². The van der Waals surface area contributed by atoms with Crippen LogP contribution < -0.4 is 0 Å². The summed E-state index contributed by atoms with van der Waals surface area (Å²) in [5, 5.41) is 10.1. The Labute approximate surface area is 111 Å². The van der Waals surface area contributed by atoms with Crippen LogP contribution in [-0.2, 0) is 13.6 Å². The van der Waals surface area contributed by atoms with Crippen LogP contribution in [0.25, 0.3) is 0 Å². The molecule has 0 aromatic rings. The summed E-state index contributed by atoms with van der Waals surface area (Å²) >= 11 is 0. The van der Waals surface area contributed by atoms with Crippen molar-refractivity contribution >= 4 is 7.60 Å². The molecule has 0 saturated heterocycles. The van der Waals surface area contributed by atoms with E-state index >= 15 is 0 Å². The summed E-state index contributed by atoms with van der Waals surface area (Å²) in [6, 6.07) is 0. The van der Waals surface area contributed by atoms with Gasteiger partial charge in [0, 0.05) is 0 Å². The average Bonchev–Trinajstić information content (AvgIpc) is 2.30. The van der Waals surface area contributed by atoms with Crippen LogP contribution in [-0.4, -0.2) is 30.1 Å². The van der Waals surface area contributed by atoms with Crippen molar-refractivity contribution in [2.75, 3.05) is 13.2 Å². The summed E-state index contributed by atoms with van der Waals surface area (Å²) in [6.45, 7) is 9.86. The van der Waals surface area contributed by atoms with Gasteiger partial charge in [-0.25, -0.2) is 0 Å². The molecule has 1 N–H and O–H groups in total. The number of aliphatic hydroxyl groups excluding tert-OH is 1. The molecular formula is C13H27O4P. The zero-order chi connectivity index (χ0) is 14.0. The van der Waals surface area contributed by atoms with E-state index in [2.05, 4.69) is 13.5 Å². The van der Waals surface area contributed by atoms with Crippen LogP contribution in [0.4, 0.5) is 0 Å². The second kappa shape index (κ2) is 9.74. The molecule has 0 radical (unpaired) electrons. The molecule has 0 bridgehead atoms. The van der Waals surface area contributed by atoms with Crippen LogP contribution in [0.2, 0.25) is 0 Å². The van der Waals surface area contributed by atoms with E-state index in [1.54, 1.807) is 13.8 Å². The van der Waals surface area contributed by atoms with E-state index in [0.717, 1.165) is 19.3 Å². The van der Waals surface area contributed by atoms with Gasteiger partial charge in [-0.3, -0.25) is 4.57 Å². The third kappa shape index (κ3) is 5.66. The van der Waals surface area contributed by atoms with Crippen molar-refractivity contribution in [3.63, 3.8) is 0 Å². The lowest BCUT2D eigenvalue weighted by molar-refractivity contribution is 0.141. The summed E-state index contributed by atoms with van der Waals surface area (Å²) in [7, 11) is -3.30. The number of hydrogen-bond acceptors (Lipinski definition) is 4. The first kappa shape index (κ1) is 17.8. The fourth-order valence-corrected chi connectivity index (χ4v) is 3.81. The molecule has 0 aliphatic carbocycles. The molecule has 0 rings (SSSR count). The molecule has 0 spiro atoms. The van der Waals surface area contributed by atoms with Gasteiger partial charge >= 0.3 is 7.60 Å². The first-order valence-electron chi connectivity index (χ1n) is 6.75. The van der Waals surface area contributed by atoms with Gasteiger partial charge in [-0.2, -0.15) is 0 Å². The molecule has 0 heterocycles. The van der Waals surface area contributed by atoms with Crippen molar-refractivity contribution in [2.24, 2.45) is 0 Å². The zero-order valence-corrected chi connectivity index (χ0v) is 12.7. The van der Waals surface area contributed by atoms with Crippen molar-refractivity contribution in [1.29, 1.82) is 0 Å². The van der Waals surface area contributed by atoms with Gasteiger partial charge in [-0.1, -0.05) is 32.3 Å². The number of aliphatic hydroxyl groups is 1. The molecule has 0 aromatic carbocycles. The minimum absolute atomic E-state index is 0.295. The van der Waals surface area contributed by atoms with Crippen molar-refractivity contribution in [1.82, 2.24) is 0 Å². The number of rotatable bonds is 11. The third-order valence-corrected chi connectivity index (χ3v) is 5.24. The minimum Gasteiger partial charge on any atom is -0.392 e. The molecule has 108 valence electrons. The van der Waals surface area contributed by atoms with Crippen LogP contribution in [0.15, 0.2) is 12.7 Å². The maximum Gasteiger partial charge on any atom is 0.340 e. The van der Waals surface area contributed by atoms with E-state index in [0.29, 0.717) is 19.6 Å². The molecule has 2 unspecified atom stereocenters. The average molecular weight is 278 g/mol. The summed E-state index contributed by atoms with van der Waals surface area (Å²) in [5.74, 6) is 0. The highest BCUT2D eigenvalue weighted by atomic mass is 31.2. The Morgan fingerprint density at radius 1 is 1.22 bits per heavy atom. The zero-order valence-electron chi connectivity index (χ0n) is 11.8. The van der Waals surface area contributed by atoms with Gasteiger partial charge in [-0.15, -0.1) is 6.58 Å². The monoisotopic (exact) mass is 278 g/mol. The van der Waals surface area contributed by atoms with E-state index < -0.39 is 19.4 Å². The van der Waals surface area contributed by atoms with E-state index in [4.69, 9.17) is 9.05 Å². The smallest absolute Gasteiger partial charge is 0.340 e. The highest BCUT2D eigenvalue weighted by molar-refractivity contribution is 7.55. The molecule has 0 fully saturated rings. The van der Waals surface area contributed by atoms with Gasteiger partial charge in [-0.05, 0) is 20.3 Å². The van der Waals surface area contributed by atoms with Crippen LogP contribution >= 0.6 is 7.60 Å². The summed E-state index contributed by atoms with van der Waals surface area (Å²) in [6.07, 6.45) is 4.39. The Morgan fingerprint density at radius 3 is 2.17 bits per heavy atom. The lowest BCUT2D eigenvalue weighted by Crippen LogP contribution is -2.26. The fraction of sp³-hybridized carbons (Fsp3) is 0.846. The number of unbranched alkanes of at least 4 members (excludes halogenated alkanes) is 2. The molecule has 0 saturated carbocycles. The van der Waals surface area contributed by atoms with Crippen LogP contribution in [0, 0.1) is 0 Å². The summed E-state index contributed by atoms with van der Waals surface area (Å²) in [5.41, 5.74) is -0.644. The SMILES string of the molecule is C=CC(C(O)CCCCC)P(=O)(OCC)OCC. The Balaban J connectivity index is 4.67. The highest BCUT2D eigenvalue weighted by Gasteiger charge is 2.38. The number of hydrogen-bond donors (Lipinski definition) is 1. The predicted octanol–water partition coefficient (Wildman–Crippen LogP) is 3.75. The Hall–Kier alpha value is -0.150. The first-order valence-corrected chi connectivity index (χ1v) is 8.36. The molecule has 0 aliphatic heterocycles. The van der Waals surface area contributed by atoms with E-state index in [1.807, 2.05) is 0 Å². The molecule has 0 aliphatic rings. The highest BCUT2D eigenvalue weighted by Crippen LogP contribution is 2.55. The fourth-order valence-electron chi connectivity index (χ4n) is 1.84. The maximum atomic E-state index is 12.5. The van der Waals surface area contributed by atoms with Gasteiger partial charge in [0.1, 0.15) is 5.66 Å². The van der Waals surface area contributed by atoms with E-state index in [-0.39, 0.29) is 0 Å². The van der Waals surface area contributed by atoms with Gasteiger partial charge in [0.25, 0.3) is 0 Å². The van der Waals surface area contributed by atoms with Gasteiger partial charge in [0.2, 0.25) is 0 Å². The molecule has 5 heteroatoms. The van der Waals surface area contributed by atoms with Crippen LogP contribution in [0.1, 0.15) is 46.5 Å². The summed E-state index contributed by atoms with van der Waals surface area (Å²) < 4.78 is 23.0. The van der Waals surface area contributed by atoms with Gasteiger partial charge in [0.05, 0.1) is 19.3 Å². The molecule has 2 atom stereocenters. The largest absolute Gasteiger partial charge is 0.392 e. The normalized spacial score (nSPS) is 15.3. The minimum atomic E-state index is -3.30. The topological polar surface area (TPSA) is 55.8 Å². The van der Waals surface area contributed by atoms with Crippen LogP contribution in [0.5, 0.6) is 0 Å². The Morgan fingerprint density at radius 2 is 1.78 bits per heavy atom. The lowest BCUT2D eigenvalue weighted by Gasteiger charge is -2.27. The lowest BCUT2D eigenvalue weighted by atomic mass is 10.1. The quantitative estimate of drug-likeness (QED) is 0.355. The Kier molecular flexibility index (Phi) is 9.66. The Bertz CT molecular complexity index is 258. The molecule has 0 amide bonds. The van der Waals surface area contributed by atoms with E-state index in [1.165, 1.54) is 6.08 Å². The third-order valence-electron chi connectivity index (χ3n) is 2.72. The second-order valence-corrected chi connectivity index (χ2v) is 6.36. The van der Waals surface area contributed by atoms with E-state index in [9.17, 15) is 9.67 Å². The summed E-state index contributed by atoms with van der Waals surface area (Å²) in [4.78, 5) is 0. The second-order valence-electron chi connectivity index (χ2n) is 4.16. The molecule has 18 heavy (non-hydrogen) atoms. The van der Waals surface area contributed by atoms with Gasteiger partial charge in [0.15, 0.2) is 0 Å². The van der Waals surface area contributed by atoms with Crippen LogP contribution in [0.3, 0.4) is 0 Å². The predicted molar refractivity (Wildman–Crippen MR) is 75.0 cm³/mol. The molecule has 4 nitrogen and oxygen atoms in total. The van der Waals surface area contributed by atoms with Crippen molar-refractivity contribution in [3.8, 4) is 0 Å². The maximum absolute atomic E-state index is 12.5. The molecular weight excluding hydrogens is 251 g/mol. The van der Waals surface area contributed by atoms with Crippen molar-refractivity contribution in [2.45, 2.75) is 58.2 Å². The molecule has 0 aromatic heterocycles. The first-order chi connectivity index (χ1) is 8.55. The van der Waals surface area contributed by atoms with Crippen molar-refractivity contribution < 1.29 is 18.7 Å². The standard InChI is InChI=1S/C13H27O4P/c1-5-9-10-11-12(14)13(6-2)18(15,16-7-3)17-8-4/h6,12-14H,2,5,7-11H2,1,3-4H3. The van der Waals surface area contributed by atoms with Crippen molar-refractivity contribution in [3.05, 3.63) is 12.7 Å².